The summed E-state index contributed by atoms with van der Waals surface area (Å²) < 4.78 is 13.3. The molecule has 2 atom stereocenters. The third kappa shape index (κ3) is 3.29. The van der Waals surface area contributed by atoms with E-state index in [-0.39, 0.29) is 5.56 Å². The molecule has 98 valence electrons. The van der Waals surface area contributed by atoms with Gasteiger partial charge in [0.25, 0.3) is 0 Å². The molecule has 18 heavy (non-hydrogen) atoms. The van der Waals surface area contributed by atoms with Gasteiger partial charge in [0, 0.05) is 13.1 Å². The van der Waals surface area contributed by atoms with Crippen LogP contribution in [0.5, 0.6) is 0 Å². The summed E-state index contributed by atoms with van der Waals surface area (Å²) >= 11 is 0. The first-order chi connectivity index (χ1) is 8.45. The van der Waals surface area contributed by atoms with Gasteiger partial charge in [-0.05, 0) is 49.1 Å². The Morgan fingerprint density at radius 3 is 2.72 bits per heavy atom. The number of carboxylic acid groups (broad SMARTS) is 1. The van der Waals surface area contributed by atoms with Crippen LogP contribution in [0.4, 0.5) is 4.39 Å². The Labute approximate surface area is 106 Å². The number of halogens is 1. The van der Waals surface area contributed by atoms with Crippen molar-refractivity contribution in [3.63, 3.8) is 0 Å². The van der Waals surface area contributed by atoms with E-state index in [2.05, 4.69) is 11.8 Å². The Morgan fingerprint density at radius 2 is 2.17 bits per heavy atom. The Hall–Kier alpha value is -1.42. The number of benzene rings is 1. The molecule has 1 aliphatic carbocycles. The normalized spacial score (nSPS) is 22.2. The highest BCUT2D eigenvalue weighted by Gasteiger charge is 2.32. The van der Waals surface area contributed by atoms with Crippen LogP contribution in [0.3, 0.4) is 0 Å². The van der Waals surface area contributed by atoms with E-state index in [1.165, 1.54) is 18.6 Å². The van der Waals surface area contributed by atoms with Crippen LogP contribution < -0.4 is 0 Å². The third-order valence-electron chi connectivity index (χ3n) is 3.48. The predicted octanol–water partition coefficient (Wildman–Crippen LogP) is 2.61. The number of hydrogen-bond acceptors (Lipinski definition) is 2. The van der Waals surface area contributed by atoms with Gasteiger partial charge < -0.3 is 10.0 Å². The van der Waals surface area contributed by atoms with Crippen molar-refractivity contribution >= 4 is 5.97 Å². The number of rotatable bonds is 5. The molecule has 1 aromatic rings. The summed E-state index contributed by atoms with van der Waals surface area (Å²) in [6.07, 6.45) is 1.26. The fraction of sp³-hybridized carbons (Fsp3) is 0.500. The van der Waals surface area contributed by atoms with Crippen molar-refractivity contribution in [2.24, 2.45) is 11.8 Å². The quantitative estimate of drug-likeness (QED) is 0.874. The number of aromatic carboxylic acids is 1. The maximum Gasteiger partial charge on any atom is 0.335 e. The molecular formula is C14H18FNO2. The second-order valence-corrected chi connectivity index (χ2v) is 5.32. The van der Waals surface area contributed by atoms with E-state index < -0.39 is 11.8 Å². The molecule has 1 saturated carbocycles. The average molecular weight is 251 g/mol. The smallest absolute Gasteiger partial charge is 0.335 e. The Bertz CT molecular complexity index is 461. The minimum atomic E-state index is -1.09. The van der Waals surface area contributed by atoms with E-state index in [4.69, 9.17) is 5.11 Å². The lowest BCUT2D eigenvalue weighted by molar-refractivity contribution is 0.0696. The van der Waals surface area contributed by atoms with E-state index in [1.807, 2.05) is 7.05 Å². The number of carbonyl (C=O) groups is 1. The zero-order valence-electron chi connectivity index (χ0n) is 10.7. The minimum Gasteiger partial charge on any atom is -0.478 e. The number of hydrogen-bond donors (Lipinski definition) is 1. The molecule has 0 bridgehead atoms. The molecule has 1 N–H and O–H groups in total. The molecule has 0 radical (unpaired) electrons. The van der Waals surface area contributed by atoms with E-state index in [0.717, 1.165) is 24.4 Å². The molecule has 4 heteroatoms. The SMILES string of the molecule is CC1CC1CN(C)Cc1cc(F)cc(C(=O)O)c1. The summed E-state index contributed by atoms with van der Waals surface area (Å²) in [6.45, 7) is 3.80. The summed E-state index contributed by atoms with van der Waals surface area (Å²) in [7, 11) is 1.98. The van der Waals surface area contributed by atoms with E-state index in [9.17, 15) is 9.18 Å². The fourth-order valence-electron chi connectivity index (χ4n) is 2.30. The van der Waals surface area contributed by atoms with Crippen molar-refractivity contribution in [2.45, 2.75) is 19.9 Å². The molecule has 1 fully saturated rings. The summed E-state index contributed by atoms with van der Waals surface area (Å²) in [5.41, 5.74) is 0.724. The van der Waals surface area contributed by atoms with Crippen LogP contribution >= 0.6 is 0 Å². The maximum atomic E-state index is 13.3. The van der Waals surface area contributed by atoms with Crippen molar-refractivity contribution < 1.29 is 14.3 Å². The fourth-order valence-corrected chi connectivity index (χ4v) is 2.30. The summed E-state index contributed by atoms with van der Waals surface area (Å²) in [6, 6.07) is 3.99. The first-order valence-electron chi connectivity index (χ1n) is 6.17. The highest BCUT2D eigenvalue weighted by Crippen LogP contribution is 2.38. The van der Waals surface area contributed by atoms with Crippen LogP contribution in [0.2, 0.25) is 0 Å². The monoisotopic (exact) mass is 251 g/mol. The van der Waals surface area contributed by atoms with Gasteiger partial charge in [0.05, 0.1) is 5.56 Å². The van der Waals surface area contributed by atoms with Crippen LogP contribution in [-0.4, -0.2) is 29.6 Å². The lowest BCUT2D eigenvalue weighted by Crippen LogP contribution is -2.21. The first-order valence-corrected chi connectivity index (χ1v) is 6.17. The minimum absolute atomic E-state index is 0.0122. The standard InChI is InChI=1S/C14H18FNO2/c1-9-3-12(9)8-16(2)7-10-4-11(14(17)18)6-13(15)5-10/h4-6,9,12H,3,7-8H2,1-2H3,(H,17,18). The van der Waals surface area contributed by atoms with Gasteiger partial charge in [0.15, 0.2) is 0 Å². The molecule has 0 aliphatic heterocycles. The predicted molar refractivity (Wildman–Crippen MR) is 67.0 cm³/mol. The van der Waals surface area contributed by atoms with Gasteiger partial charge in [-0.2, -0.15) is 0 Å². The molecule has 0 amide bonds. The van der Waals surface area contributed by atoms with Crippen molar-refractivity contribution in [1.82, 2.24) is 4.90 Å². The van der Waals surface area contributed by atoms with Crippen molar-refractivity contribution in [2.75, 3.05) is 13.6 Å². The molecule has 3 nitrogen and oxygen atoms in total. The van der Waals surface area contributed by atoms with Gasteiger partial charge in [-0.15, -0.1) is 0 Å². The van der Waals surface area contributed by atoms with Gasteiger partial charge in [0.1, 0.15) is 5.82 Å². The molecule has 2 rings (SSSR count). The molecule has 1 aliphatic rings. The van der Waals surface area contributed by atoms with Gasteiger partial charge in [-0.3, -0.25) is 0 Å². The molecule has 0 spiro atoms. The number of carboxylic acids is 1. The molecule has 2 unspecified atom stereocenters. The van der Waals surface area contributed by atoms with Crippen LogP contribution in [-0.2, 0) is 6.54 Å². The Kier molecular flexibility index (Phi) is 3.66. The molecular weight excluding hydrogens is 233 g/mol. The average Bonchev–Trinajstić information content (AvgIpc) is 2.92. The lowest BCUT2D eigenvalue weighted by atomic mass is 10.1. The first kappa shape index (κ1) is 13.0. The summed E-state index contributed by atoms with van der Waals surface area (Å²) in [5.74, 6) is -0.0515. The number of nitrogens with zero attached hydrogens (tertiary/aromatic N) is 1. The zero-order chi connectivity index (χ0) is 13.3. The van der Waals surface area contributed by atoms with Crippen LogP contribution in [0.15, 0.2) is 18.2 Å². The molecule has 0 aromatic heterocycles. The van der Waals surface area contributed by atoms with Gasteiger partial charge in [-0.25, -0.2) is 9.18 Å². The lowest BCUT2D eigenvalue weighted by Gasteiger charge is -2.16. The van der Waals surface area contributed by atoms with Gasteiger partial charge in [-0.1, -0.05) is 6.92 Å². The van der Waals surface area contributed by atoms with Crippen LogP contribution in [0.25, 0.3) is 0 Å². The second kappa shape index (κ2) is 5.06. The molecule has 0 saturated heterocycles. The van der Waals surface area contributed by atoms with Crippen molar-refractivity contribution in [1.29, 1.82) is 0 Å². The van der Waals surface area contributed by atoms with Crippen LogP contribution in [0, 0.1) is 17.7 Å². The third-order valence-corrected chi connectivity index (χ3v) is 3.48. The zero-order valence-corrected chi connectivity index (χ0v) is 10.7. The van der Waals surface area contributed by atoms with Crippen molar-refractivity contribution in [3.8, 4) is 0 Å². The Balaban J connectivity index is 2.01. The summed E-state index contributed by atoms with van der Waals surface area (Å²) in [4.78, 5) is 13.0. The van der Waals surface area contributed by atoms with Crippen molar-refractivity contribution in [3.05, 3.63) is 35.1 Å². The molecule has 0 heterocycles. The van der Waals surface area contributed by atoms with E-state index >= 15 is 0 Å². The van der Waals surface area contributed by atoms with E-state index in [1.54, 1.807) is 0 Å². The maximum absolute atomic E-state index is 13.3. The Morgan fingerprint density at radius 1 is 1.50 bits per heavy atom. The van der Waals surface area contributed by atoms with Crippen LogP contribution in [0.1, 0.15) is 29.3 Å². The highest BCUT2D eigenvalue weighted by molar-refractivity contribution is 5.87. The highest BCUT2D eigenvalue weighted by atomic mass is 19.1. The largest absolute Gasteiger partial charge is 0.478 e. The molecule has 1 aromatic carbocycles. The second-order valence-electron chi connectivity index (χ2n) is 5.32. The topological polar surface area (TPSA) is 40.5 Å². The van der Waals surface area contributed by atoms with E-state index in [0.29, 0.717) is 12.1 Å². The van der Waals surface area contributed by atoms with Gasteiger partial charge in [0.2, 0.25) is 0 Å². The summed E-state index contributed by atoms with van der Waals surface area (Å²) in [5, 5.41) is 8.88. The van der Waals surface area contributed by atoms with Gasteiger partial charge >= 0.3 is 5.97 Å².